The van der Waals surface area contributed by atoms with E-state index in [0.29, 0.717) is 18.0 Å². The summed E-state index contributed by atoms with van der Waals surface area (Å²) in [5.74, 6) is 0.0804. The minimum Gasteiger partial charge on any atom is -0.350 e. The van der Waals surface area contributed by atoms with Crippen LogP contribution in [0.25, 0.3) is 0 Å². The molecule has 0 aromatic heterocycles. The summed E-state index contributed by atoms with van der Waals surface area (Å²) in [5, 5.41) is 5.45. The Kier molecular flexibility index (Phi) is 6.48. The molecule has 5 nitrogen and oxygen atoms in total. The maximum atomic E-state index is 11.7. The normalized spacial score (nSPS) is 14.8. The Morgan fingerprint density at radius 2 is 1.90 bits per heavy atom. The molecular formula is C14H20ClN3O2. The van der Waals surface area contributed by atoms with Crippen LogP contribution >= 0.6 is 12.4 Å². The van der Waals surface area contributed by atoms with E-state index < -0.39 is 0 Å². The molecule has 1 fully saturated rings. The average molecular weight is 298 g/mol. The van der Waals surface area contributed by atoms with Gasteiger partial charge in [0.15, 0.2) is 0 Å². The lowest BCUT2D eigenvalue weighted by Gasteiger charge is -2.16. The van der Waals surface area contributed by atoms with Crippen LogP contribution in [-0.2, 0) is 4.79 Å². The fourth-order valence-corrected chi connectivity index (χ4v) is 1.98. The second-order valence-electron chi connectivity index (χ2n) is 4.80. The summed E-state index contributed by atoms with van der Waals surface area (Å²) in [5.41, 5.74) is 6.16. The van der Waals surface area contributed by atoms with E-state index in [1.807, 2.05) is 6.07 Å². The summed E-state index contributed by atoms with van der Waals surface area (Å²) in [6.45, 7) is 0.431. The van der Waals surface area contributed by atoms with Crippen LogP contribution in [0.1, 0.15) is 23.2 Å². The molecule has 4 N–H and O–H groups in total. The Morgan fingerprint density at radius 1 is 1.25 bits per heavy atom. The molecule has 1 aliphatic rings. The monoisotopic (exact) mass is 297 g/mol. The predicted octanol–water partition coefficient (Wildman–Crippen LogP) is 0.692. The van der Waals surface area contributed by atoms with Crippen LogP contribution < -0.4 is 16.4 Å². The summed E-state index contributed by atoms with van der Waals surface area (Å²) in [6, 6.07) is 8.87. The first kappa shape index (κ1) is 16.5. The number of nitrogens with two attached hydrogens (primary N) is 1. The van der Waals surface area contributed by atoms with Crippen LogP contribution in [-0.4, -0.2) is 30.9 Å². The molecule has 1 saturated carbocycles. The molecule has 0 radical (unpaired) electrons. The van der Waals surface area contributed by atoms with Gasteiger partial charge < -0.3 is 16.4 Å². The highest BCUT2D eigenvalue weighted by Gasteiger charge is 2.31. The van der Waals surface area contributed by atoms with Gasteiger partial charge in [0.2, 0.25) is 5.91 Å². The highest BCUT2D eigenvalue weighted by atomic mass is 35.5. The van der Waals surface area contributed by atoms with Crippen molar-refractivity contribution in [1.82, 2.24) is 10.6 Å². The molecule has 0 spiro atoms. The van der Waals surface area contributed by atoms with Gasteiger partial charge in [0, 0.05) is 18.2 Å². The highest BCUT2D eigenvalue weighted by Crippen LogP contribution is 2.32. The molecule has 1 atom stereocenters. The van der Waals surface area contributed by atoms with E-state index >= 15 is 0 Å². The average Bonchev–Trinajstić information content (AvgIpc) is 3.27. The van der Waals surface area contributed by atoms with Gasteiger partial charge in [-0.15, -0.1) is 12.4 Å². The van der Waals surface area contributed by atoms with E-state index in [9.17, 15) is 9.59 Å². The fourth-order valence-electron chi connectivity index (χ4n) is 1.98. The first-order chi connectivity index (χ1) is 9.20. The summed E-state index contributed by atoms with van der Waals surface area (Å²) in [4.78, 5) is 23.4. The van der Waals surface area contributed by atoms with Crippen molar-refractivity contribution >= 4 is 24.2 Å². The lowest BCUT2D eigenvalue weighted by atomic mass is 10.2. The van der Waals surface area contributed by atoms with Crippen molar-refractivity contribution in [2.75, 3.05) is 13.1 Å². The number of nitrogens with one attached hydrogen (secondary N) is 2. The maximum Gasteiger partial charge on any atom is 0.251 e. The van der Waals surface area contributed by atoms with Crippen molar-refractivity contribution in [3.63, 3.8) is 0 Å². The first-order valence-corrected chi connectivity index (χ1v) is 6.53. The molecule has 110 valence electrons. The number of hydrogen-bond donors (Lipinski definition) is 3. The minimum absolute atomic E-state index is 0. The van der Waals surface area contributed by atoms with E-state index in [1.165, 1.54) is 0 Å². The predicted molar refractivity (Wildman–Crippen MR) is 79.7 cm³/mol. The Hall–Kier alpha value is -1.59. The molecule has 2 amide bonds. The van der Waals surface area contributed by atoms with Gasteiger partial charge >= 0.3 is 0 Å². The van der Waals surface area contributed by atoms with Crippen LogP contribution in [0, 0.1) is 5.92 Å². The molecule has 6 heteroatoms. The molecule has 0 aliphatic heterocycles. The van der Waals surface area contributed by atoms with E-state index in [0.717, 1.165) is 12.8 Å². The summed E-state index contributed by atoms with van der Waals surface area (Å²) in [7, 11) is 0. The highest BCUT2D eigenvalue weighted by molar-refractivity contribution is 5.96. The summed E-state index contributed by atoms with van der Waals surface area (Å²) in [6.07, 6.45) is 2.25. The smallest absolute Gasteiger partial charge is 0.251 e. The molecule has 1 aliphatic carbocycles. The largest absolute Gasteiger partial charge is 0.350 e. The standard InChI is InChI=1S/C14H19N3O2.ClH/c15-8-12(10-6-7-10)17-13(18)9-16-14(19)11-4-2-1-3-5-11;/h1-5,10,12H,6-9,15H2,(H,16,19)(H,17,18);1H. The van der Waals surface area contributed by atoms with Crippen molar-refractivity contribution < 1.29 is 9.59 Å². The quantitative estimate of drug-likeness (QED) is 0.722. The van der Waals surface area contributed by atoms with Crippen molar-refractivity contribution in [2.45, 2.75) is 18.9 Å². The van der Waals surface area contributed by atoms with Gasteiger partial charge in [-0.05, 0) is 30.9 Å². The van der Waals surface area contributed by atoms with Gasteiger partial charge in [-0.25, -0.2) is 0 Å². The molecule has 0 heterocycles. The fraction of sp³-hybridized carbons (Fsp3) is 0.429. The number of benzene rings is 1. The third kappa shape index (κ3) is 4.83. The lowest BCUT2D eigenvalue weighted by Crippen LogP contribution is -2.46. The minimum atomic E-state index is -0.244. The number of carbonyl (C=O) groups excluding carboxylic acids is 2. The second kappa shape index (κ2) is 7.87. The zero-order valence-electron chi connectivity index (χ0n) is 11.2. The van der Waals surface area contributed by atoms with Crippen molar-refractivity contribution in [1.29, 1.82) is 0 Å². The molecule has 2 rings (SSSR count). The van der Waals surface area contributed by atoms with E-state index in [4.69, 9.17) is 5.73 Å². The number of amides is 2. The molecule has 1 unspecified atom stereocenters. The van der Waals surface area contributed by atoms with Gasteiger partial charge in [0.05, 0.1) is 6.54 Å². The summed E-state index contributed by atoms with van der Waals surface area (Å²) < 4.78 is 0. The molecule has 1 aromatic rings. The third-order valence-electron chi connectivity index (χ3n) is 3.24. The first-order valence-electron chi connectivity index (χ1n) is 6.53. The number of rotatable bonds is 6. The van der Waals surface area contributed by atoms with Gasteiger partial charge in [0.1, 0.15) is 0 Å². The number of carbonyl (C=O) groups is 2. The third-order valence-corrected chi connectivity index (χ3v) is 3.24. The van der Waals surface area contributed by atoms with Gasteiger partial charge in [-0.1, -0.05) is 18.2 Å². The zero-order valence-corrected chi connectivity index (χ0v) is 12.0. The second-order valence-corrected chi connectivity index (χ2v) is 4.80. The van der Waals surface area contributed by atoms with Crippen LogP contribution in [0.3, 0.4) is 0 Å². The molecule has 0 saturated heterocycles. The summed E-state index contributed by atoms with van der Waals surface area (Å²) >= 11 is 0. The van der Waals surface area contributed by atoms with Gasteiger partial charge in [0.25, 0.3) is 5.91 Å². The maximum absolute atomic E-state index is 11.7. The number of hydrogen-bond acceptors (Lipinski definition) is 3. The van der Waals surface area contributed by atoms with Gasteiger partial charge in [-0.3, -0.25) is 9.59 Å². The molecule has 20 heavy (non-hydrogen) atoms. The Morgan fingerprint density at radius 3 is 2.45 bits per heavy atom. The van der Waals surface area contributed by atoms with E-state index in [-0.39, 0.29) is 36.8 Å². The van der Waals surface area contributed by atoms with Crippen LogP contribution in [0.2, 0.25) is 0 Å². The zero-order chi connectivity index (χ0) is 13.7. The van der Waals surface area contributed by atoms with Crippen LogP contribution in [0.5, 0.6) is 0 Å². The van der Waals surface area contributed by atoms with Crippen molar-refractivity contribution in [3.05, 3.63) is 35.9 Å². The Balaban J connectivity index is 0.00000200. The van der Waals surface area contributed by atoms with Crippen molar-refractivity contribution in [3.8, 4) is 0 Å². The number of halogens is 1. The molecule has 0 bridgehead atoms. The van der Waals surface area contributed by atoms with Crippen LogP contribution in [0.4, 0.5) is 0 Å². The lowest BCUT2D eigenvalue weighted by molar-refractivity contribution is -0.120. The Labute approximate surface area is 124 Å². The molecular weight excluding hydrogens is 278 g/mol. The van der Waals surface area contributed by atoms with Crippen LogP contribution in [0.15, 0.2) is 30.3 Å². The van der Waals surface area contributed by atoms with Gasteiger partial charge in [-0.2, -0.15) is 0 Å². The topological polar surface area (TPSA) is 84.2 Å². The van der Waals surface area contributed by atoms with E-state index in [1.54, 1.807) is 24.3 Å². The molecule has 1 aromatic carbocycles. The Bertz CT molecular complexity index is 449. The SMILES string of the molecule is Cl.NCC(NC(=O)CNC(=O)c1ccccc1)C1CC1. The van der Waals surface area contributed by atoms with Crippen molar-refractivity contribution in [2.24, 2.45) is 11.7 Å². The van der Waals surface area contributed by atoms with E-state index in [2.05, 4.69) is 10.6 Å².